The van der Waals surface area contributed by atoms with Gasteiger partial charge in [0, 0.05) is 11.9 Å². The van der Waals surface area contributed by atoms with Crippen LogP contribution < -0.4 is 0 Å². The van der Waals surface area contributed by atoms with Crippen LogP contribution in [0.15, 0.2) is 6.20 Å². The predicted octanol–water partition coefficient (Wildman–Crippen LogP) is 1.46. The van der Waals surface area contributed by atoms with Gasteiger partial charge in [0.05, 0.1) is 0 Å². The Morgan fingerprint density at radius 3 is 3.00 bits per heavy atom. The molecule has 1 fully saturated rings. The Morgan fingerprint density at radius 2 is 2.40 bits per heavy atom. The SMILES string of the molecule is Cc1n[c]ncc1C1CC1. The molecule has 2 rings (SSSR count). The normalized spacial score (nSPS) is 17.3. The molecule has 10 heavy (non-hydrogen) atoms. The minimum Gasteiger partial charge on any atom is -0.233 e. The molecule has 1 aliphatic rings. The molecular weight excluding hydrogens is 124 g/mol. The lowest BCUT2D eigenvalue weighted by Gasteiger charge is -1.97. The summed E-state index contributed by atoms with van der Waals surface area (Å²) in [4.78, 5) is 7.87. The van der Waals surface area contributed by atoms with Crippen LogP contribution in [0.1, 0.15) is 30.0 Å². The summed E-state index contributed by atoms with van der Waals surface area (Å²) in [7, 11) is 0. The number of aromatic nitrogens is 2. The first-order valence-corrected chi connectivity index (χ1v) is 3.57. The van der Waals surface area contributed by atoms with Crippen LogP contribution in [0.25, 0.3) is 0 Å². The molecule has 51 valence electrons. The minimum absolute atomic E-state index is 0.759. The largest absolute Gasteiger partial charge is 0.233 e. The Kier molecular flexibility index (Phi) is 1.19. The van der Waals surface area contributed by atoms with Crippen LogP contribution in [0, 0.1) is 13.3 Å². The van der Waals surface area contributed by atoms with E-state index in [0.29, 0.717) is 0 Å². The van der Waals surface area contributed by atoms with Gasteiger partial charge in [-0.25, -0.2) is 9.97 Å². The zero-order valence-corrected chi connectivity index (χ0v) is 5.96. The number of rotatable bonds is 1. The molecule has 1 aromatic rings. The van der Waals surface area contributed by atoms with Crippen molar-refractivity contribution in [2.45, 2.75) is 25.7 Å². The zero-order valence-electron chi connectivity index (χ0n) is 5.96. The summed E-state index contributed by atoms with van der Waals surface area (Å²) in [5.41, 5.74) is 2.41. The fourth-order valence-corrected chi connectivity index (χ4v) is 1.16. The number of hydrogen-bond acceptors (Lipinski definition) is 2. The second-order valence-electron chi connectivity index (χ2n) is 2.79. The van der Waals surface area contributed by atoms with Gasteiger partial charge < -0.3 is 0 Å². The average Bonchev–Trinajstić information content (AvgIpc) is 2.71. The van der Waals surface area contributed by atoms with Crippen LogP contribution in [-0.2, 0) is 0 Å². The van der Waals surface area contributed by atoms with Gasteiger partial charge in [-0.1, -0.05) is 0 Å². The summed E-state index contributed by atoms with van der Waals surface area (Å²) in [6.07, 6.45) is 7.10. The van der Waals surface area contributed by atoms with Crippen LogP contribution in [0.5, 0.6) is 0 Å². The zero-order chi connectivity index (χ0) is 6.97. The molecule has 1 saturated carbocycles. The molecular formula is C8H9N2. The van der Waals surface area contributed by atoms with Crippen LogP contribution >= 0.6 is 0 Å². The summed E-state index contributed by atoms with van der Waals surface area (Å²) >= 11 is 0. The third kappa shape index (κ3) is 0.897. The Hall–Kier alpha value is -0.920. The van der Waals surface area contributed by atoms with Crippen molar-refractivity contribution in [3.05, 3.63) is 23.8 Å². The summed E-state index contributed by atoms with van der Waals surface area (Å²) in [6, 6.07) is 0. The molecule has 0 atom stereocenters. The van der Waals surface area contributed by atoms with Crippen molar-refractivity contribution in [3.63, 3.8) is 0 Å². The van der Waals surface area contributed by atoms with Crippen LogP contribution in [0.4, 0.5) is 0 Å². The topological polar surface area (TPSA) is 25.8 Å². The van der Waals surface area contributed by atoms with Gasteiger partial charge in [0.1, 0.15) is 0 Å². The van der Waals surface area contributed by atoms with E-state index in [-0.39, 0.29) is 0 Å². The molecule has 2 nitrogen and oxygen atoms in total. The Labute approximate surface area is 60.3 Å². The van der Waals surface area contributed by atoms with Crippen LogP contribution in [-0.4, -0.2) is 9.97 Å². The van der Waals surface area contributed by atoms with E-state index in [1.807, 2.05) is 13.1 Å². The molecule has 2 heteroatoms. The summed E-state index contributed by atoms with van der Waals surface area (Å²) in [5, 5.41) is 0. The molecule has 1 heterocycles. The van der Waals surface area contributed by atoms with Crippen molar-refractivity contribution in [1.82, 2.24) is 9.97 Å². The van der Waals surface area contributed by atoms with Crippen molar-refractivity contribution in [2.75, 3.05) is 0 Å². The van der Waals surface area contributed by atoms with Crippen molar-refractivity contribution < 1.29 is 0 Å². The Morgan fingerprint density at radius 1 is 1.60 bits per heavy atom. The third-order valence-electron chi connectivity index (χ3n) is 1.91. The van der Waals surface area contributed by atoms with Gasteiger partial charge in [-0.3, -0.25) is 0 Å². The molecule has 0 spiro atoms. The van der Waals surface area contributed by atoms with Gasteiger partial charge in [0.15, 0.2) is 6.33 Å². The van der Waals surface area contributed by atoms with Gasteiger partial charge in [-0.05, 0) is 31.2 Å². The molecule has 0 aliphatic heterocycles. The maximum absolute atomic E-state index is 4.00. The van der Waals surface area contributed by atoms with Gasteiger partial charge in [-0.2, -0.15) is 0 Å². The van der Waals surface area contributed by atoms with Crippen molar-refractivity contribution in [1.29, 1.82) is 0 Å². The molecule has 0 bridgehead atoms. The number of hydrogen-bond donors (Lipinski definition) is 0. The van der Waals surface area contributed by atoms with Crippen LogP contribution in [0.2, 0.25) is 0 Å². The molecule has 0 amide bonds. The monoisotopic (exact) mass is 133 g/mol. The highest BCUT2D eigenvalue weighted by atomic mass is 14.8. The highest BCUT2D eigenvalue weighted by molar-refractivity contribution is 5.23. The van der Waals surface area contributed by atoms with E-state index < -0.39 is 0 Å². The second kappa shape index (κ2) is 2.04. The fraction of sp³-hybridized carbons (Fsp3) is 0.500. The molecule has 0 N–H and O–H groups in total. The van der Waals surface area contributed by atoms with Gasteiger partial charge in [0.2, 0.25) is 0 Å². The molecule has 0 aromatic carbocycles. The molecule has 1 radical (unpaired) electrons. The Bertz CT molecular complexity index is 241. The lowest BCUT2D eigenvalue weighted by atomic mass is 10.2. The minimum atomic E-state index is 0.759. The van der Waals surface area contributed by atoms with E-state index in [1.165, 1.54) is 18.4 Å². The smallest absolute Gasteiger partial charge is 0.197 e. The molecule has 1 aromatic heterocycles. The van der Waals surface area contributed by atoms with E-state index in [9.17, 15) is 0 Å². The van der Waals surface area contributed by atoms with Crippen molar-refractivity contribution in [3.8, 4) is 0 Å². The van der Waals surface area contributed by atoms with Gasteiger partial charge in [-0.15, -0.1) is 0 Å². The first-order valence-electron chi connectivity index (χ1n) is 3.57. The maximum Gasteiger partial charge on any atom is 0.197 e. The van der Waals surface area contributed by atoms with E-state index in [2.05, 4.69) is 16.3 Å². The lowest BCUT2D eigenvalue weighted by molar-refractivity contribution is 0.979. The maximum atomic E-state index is 4.00. The number of nitrogens with zero attached hydrogens (tertiary/aromatic N) is 2. The van der Waals surface area contributed by atoms with E-state index >= 15 is 0 Å². The first kappa shape index (κ1) is 5.83. The molecule has 0 saturated heterocycles. The van der Waals surface area contributed by atoms with Crippen molar-refractivity contribution in [2.24, 2.45) is 0 Å². The fourth-order valence-electron chi connectivity index (χ4n) is 1.16. The van der Waals surface area contributed by atoms with Gasteiger partial charge >= 0.3 is 0 Å². The van der Waals surface area contributed by atoms with E-state index in [4.69, 9.17) is 0 Å². The number of aryl methyl sites for hydroxylation is 1. The van der Waals surface area contributed by atoms with E-state index in [0.717, 1.165) is 11.6 Å². The quantitative estimate of drug-likeness (QED) is 0.579. The van der Waals surface area contributed by atoms with Crippen molar-refractivity contribution >= 4 is 0 Å². The standard InChI is InChI=1S/C8H9N2/c1-6-8(7-2-3-7)4-9-5-10-6/h4,7H,2-3H2,1H3. The summed E-state index contributed by atoms with van der Waals surface area (Å²) in [6.45, 7) is 2.02. The second-order valence-corrected chi connectivity index (χ2v) is 2.79. The molecule has 1 aliphatic carbocycles. The van der Waals surface area contributed by atoms with E-state index in [1.54, 1.807) is 0 Å². The predicted molar refractivity (Wildman–Crippen MR) is 37.6 cm³/mol. The Balaban J connectivity index is 2.39. The summed E-state index contributed by atoms with van der Waals surface area (Å²) in [5.74, 6) is 0.759. The highest BCUT2D eigenvalue weighted by Crippen LogP contribution is 2.40. The average molecular weight is 133 g/mol. The lowest BCUT2D eigenvalue weighted by Crippen LogP contribution is -1.90. The third-order valence-corrected chi connectivity index (χ3v) is 1.91. The highest BCUT2D eigenvalue weighted by Gasteiger charge is 2.25. The van der Waals surface area contributed by atoms with Gasteiger partial charge in [0.25, 0.3) is 0 Å². The summed E-state index contributed by atoms with van der Waals surface area (Å²) < 4.78 is 0. The first-order chi connectivity index (χ1) is 4.88. The van der Waals surface area contributed by atoms with Crippen LogP contribution in [0.3, 0.4) is 0 Å². The molecule has 0 unspecified atom stereocenters.